The molecule has 0 aliphatic rings. The molecule has 2 rings (SSSR count). The zero-order chi connectivity index (χ0) is 13.8. The molecule has 0 atom stereocenters. The first kappa shape index (κ1) is 13.0. The van der Waals surface area contributed by atoms with Crippen LogP contribution in [-0.2, 0) is 13.5 Å². The number of hydrogen-bond acceptors (Lipinski definition) is 3. The van der Waals surface area contributed by atoms with Crippen LogP contribution in [0, 0.1) is 23.0 Å². The van der Waals surface area contributed by atoms with Crippen LogP contribution >= 0.6 is 0 Å². The van der Waals surface area contributed by atoms with E-state index in [2.05, 4.69) is 10.4 Å². The molecule has 0 spiro atoms. The Hall–Kier alpha value is -2.42. The number of nitriles is 1. The predicted octanol–water partition coefficient (Wildman–Crippen LogP) is 2.22. The second-order valence-corrected chi connectivity index (χ2v) is 4.13. The molecule has 0 unspecified atom stereocenters. The third kappa shape index (κ3) is 3.07. The Kier molecular flexibility index (Phi) is 3.76. The van der Waals surface area contributed by atoms with Gasteiger partial charge in [-0.1, -0.05) is 0 Å². The molecule has 1 heterocycles. The quantitative estimate of drug-likeness (QED) is 0.919. The van der Waals surface area contributed by atoms with Crippen molar-refractivity contribution in [3.63, 3.8) is 0 Å². The summed E-state index contributed by atoms with van der Waals surface area (Å²) in [4.78, 5) is 0. The zero-order valence-corrected chi connectivity index (χ0v) is 10.3. The van der Waals surface area contributed by atoms with E-state index in [0.717, 1.165) is 17.7 Å². The fraction of sp³-hybridized carbons (Fsp3) is 0.231. The van der Waals surface area contributed by atoms with Gasteiger partial charge >= 0.3 is 0 Å². The molecular weight excluding hydrogens is 250 g/mol. The average molecular weight is 262 g/mol. The van der Waals surface area contributed by atoms with Gasteiger partial charge in [0.1, 0.15) is 5.69 Å². The molecule has 4 nitrogen and oxygen atoms in total. The van der Waals surface area contributed by atoms with Crippen molar-refractivity contribution < 1.29 is 8.78 Å². The maximum absolute atomic E-state index is 13.6. The number of hydrogen-bond donors (Lipinski definition) is 1. The van der Waals surface area contributed by atoms with Crippen LogP contribution in [0.3, 0.4) is 0 Å². The lowest BCUT2D eigenvalue weighted by Crippen LogP contribution is -2.08. The van der Waals surface area contributed by atoms with Gasteiger partial charge in [-0.3, -0.25) is 4.68 Å². The van der Waals surface area contributed by atoms with Gasteiger partial charge in [0, 0.05) is 19.8 Å². The Morgan fingerprint density at radius 3 is 2.58 bits per heavy atom. The summed E-state index contributed by atoms with van der Waals surface area (Å²) in [7, 11) is 1.80. The van der Waals surface area contributed by atoms with E-state index >= 15 is 0 Å². The molecule has 1 aromatic carbocycles. The van der Waals surface area contributed by atoms with E-state index in [1.54, 1.807) is 24.0 Å². The molecule has 6 heteroatoms. The lowest BCUT2D eigenvalue weighted by atomic mass is 10.2. The minimum atomic E-state index is -0.761. The molecule has 0 radical (unpaired) electrons. The summed E-state index contributed by atoms with van der Waals surface area (Å²) in [5.41, 5.74) is 0.736. The van der Waals surface area contributed by atoms with Crippen molar-refractivity contribution in [1.29, 1.82) is 5.26 Å². The topological polar surface area (TPSA) is 53.6 Å². The van der Waals surface area contributed by atoms with Gasteiger partial charge in [-0.2, -0.15) is 10.4 Å². The first-order valence-electron chi connectivity index (χ1n) is 5.70. The standard InChI is InChI=1S/C13H12F2N4/c1-19-8-9(7-18-19)2-3-17-13-11(14)4-10(6-16)5-12(13)15/h4-5,7-8,17H,2-3H2,1H3. The summed E-state index contributed by atoms with van der Waals surface area (Å²) >= 11 is 0. The van der Waals surface area contributed by atoms with Gasteiger partial charge in [-0.25, -0.2) is 8.78 Å². The van der Waals surface area contributed by atoms with Crippen LogP contribution in [0.2, 0.25) is 0 Å². The van der Waals surface area contributed by atoms with Crippen LogP contribution in [-0.4, -0.2) is 16.3 Å². The summed E-state index contributed by atoms with van der Waals surface area (Å²) in [6, 6.07) is 3.72. The summed E-state index contributed by atoms with van der Waals surface area (Å²) in [5.74, 6) is -1.52. The third-order valence-electron chi connectivity index (χ3n) is 2.65. The fourth-order valence-electron chi connectivity index (χ4n) is 1.74. The van der Waals surface area contributed by atoms with Crippen molar-refractivity contribution in [3.8, 4) is 6.07 Å². The molecule has 19 heavy (non-hydrogen) atoms. The van der Waals surface area contributed by atoms with E-state index in [-0.39, 0.29) is 11.3 Å². The molecule has 0 saturated heterocycles. The molecule has 98 valence electrons. The number of aromatic nitrogens is 2. The first-order chi connectivity index (χ1) is 9.10. The van der Waals surface area contributed by atoms with Crippen molar-refractivity contribution in [2.75, 3.05) is 11.9 Å². The highest BCUT2D eigenvalue weighted by atomic mass is 19.1. The molecular formula is C13H12F2N4. The zero-order valence-electron chi connectivity index (χ0n) is 10.3. The summed E-state index contributed by atoms with van der Waals surface area (Å²) in [6.45, 7) is 0.380. The van der Waals surface area contributed by atoms with Crippen molar-refractivity contribution >= 4 is 5.69 Å². The van der Waals surface area contributed by atoms with E-state index in [0.29, 0.717) is 13.0 Å². The normalized spacial score (nSPS) is 10.2. The van der Waals surface area contributed by atoms with Gasteiger partial charge in [0.2, 0.25) is 0 Å². The highest BCUT2D eigenvalue weighted by Gasteiger charge is 2.10. The molecule has 0 aliphatic heterocycles. The van der Waals surface area contributed by atoms with E-state index in [4.69, 9.17) is 5.26 Å². The molecule has 1 N–H and O–H groups in total. The Labute approximate surface area is 109 Å². The Balaban J connectivity index is 2.02. The monoisotopic (exact) mass is 262 g/mol. The molecule has 0 amide bonds. The smallest absolute Gasteiger partial charge is 0.150 e. The van der Waals surface area contributed by atoms with Gasteiger partial charge in [-0.15, -0.1) is 0 Å². The van der Waals surface area contributed by atoms with Crippen molar-refractivity contribution in [2.45, 2.75) is 6.42 Å². The third-order valence-corrected chi connectivity index (χ3v) is 2.65. The van der Waals surface area contributed by atoms with E-state index in [1.165, 1.54) is 0 Å². The lowest BCUT2D eigenvalue weighted by Gasteiger charge is -2.08. The van der Waals surface area contributed by atoms with Gasteiger partial charge in [-0.05, 0) is 24.1 Å². The number of nitrogens with one attached hydrogen (secondary N) is 1. The van der Waals surface area contributed by atoms with Crippen molar-refractivity contribution in [2.24, 2.45) is 7.05 Å². The maximum atomic E-state index is 13.6. The highest BCUT2D eigenvalue weighted by molar-refractivity contribution is 5.50. The van der Waals surface area contributed by atoms with E-state index in [9.17, 15) is 8.78 Å². The lowest BCUT2D eigenvalue weighted by molar-refractivity contribution is 0.587. The number of rotatable bonds is 4. The Morgan fingerprint density at radius 2 is 2.05 bits per heavy atom. The minimum Gasteiger partial charge on any atom is -0.380 e. The van der Waals surface area contributed by atoms with Crippen LogP contribution in [0.1, 0.15) is 11.1 Å². The van der Waals surface area contributed by atoms with E-state index < -0.39 is 11.6 Å². The highest BCUT2D eigenvalue weighted by Crippen LogP contribution is 2.20. The number of nitrogens with zero attached hydrogens (tertiary/aromatic N) is 3. The fourth-order valence-corrected chi connectivity index (χ4v) is 1.74. The van der Waals surface area contributed by atoms with Crippen LogP contribution in [0.25, 0.3) is 0 Å². The Bertz CT molecular complexity index is 605. The van der Waals surface area contributed by atoms with Crippen molar-refractivity contribution in [3.05, 3.63) is 47.3 Å². The summed E-state index contributed by atoms with van der Waals surface area (Å²) in [5, 5.41) is 15.3. The van der Waals surface area contributed by atoms with Crippen LogP contribution < -0.4 is 5.32 Å². The molecule has 0 fully saturated rings. The summed E-state index contributed by atoms with van der Waals surface area (Å²) < 4.78 is 28.8. The molecule has 0 saturated carbocycles. The number of anilines is 1. The SMILES string of the molecule is Cn1cc(CCNc2c(F)cc(C#N)cc2F)cn1. The maximum Gasteiger partial charge on any atom is 0.150 e. The van der Waals surface area contributed by atoms with Gasteiger partial charge in [0.25, 0.3) is 0 Å². The van der Waals surface area contributed by atoms with E-state index in [1.807, 2.05) is 6.20 Å². The Morgan fingerprint density at radius 1 is 1.37 bits per heavy atom. The average Bonchev–Trinajstić information content (AvgIpc) is 2.78. The van der Waals surface area contributed by atoms with Crippen molar-refractivity contribution in [1.82, 2.24) is 9.78 Å². The second kappa shape index (κ2) is 5.48. The minimum absolute atomic E-state index is 0.0344. The largest absolute Gasteiger partial charge is 0.380 e. The van der Waals surface area contributed by atoms with Gasteiger partial charge < -0.3 is 5.32 Å². The predicted molar refractivity (Wildman–Crippen MR) is 66.5 cm³/mol. The molecule has 2 aromatic rings. The van der Waals surface area contributed by atoms with Crippen LogP contribution in [0.4, 0.5) is 14.5 Å². The molecule has 1 aromatic heterocycles. The second-order valence-electron chi connectivity index (χ2n) is 4.13. The van der Waals surface area contributed by atoms with Gasteiger partial charge in [0.05, 0.1) is 17.8 Å². The number of halogens is 2. The molecule has 0 aliphatic carbocycles. The molecule has 0 bridgehead atoms. The number of benzene rings is 1. The first-order valence-corrected chi connectivity index (χ1v) is 5.70. The van der Waals surface area contributed by atoms with Gasteiger partial charge in [0.15, 0.2) is 11.6 Å². The number of aryl methyl sites for hydroxylation is 1. The summed E-state index contributed by atoms with van der Waals surface area (Å²) in [6.07, 6.45) is 4.15. The van der Waals surface area contributed by atoms with Crippen LogP contribution in [0.5, 0.6) is 0 Å². The van der Waals surface area contributed by atoms with Crippen LogP contribution in [0.15, 0.2) is 24.5 Å².